The molecule has 0 unspecified atom stereocenters. The molecule has 2 heterocycles. The lowest BCUT2D eigenvalue weighted by Gasteiger charge is -2.22. The SMILES string of the molecule is CNC(=O)CNC(=O)CN1C(=O)N[C@](C)(c2ccc3c(c2)OCO3)C1=O. The minimum atomic E-state index is -1.33. The zero-order valence-corrected chi connectivity index (χ0v) is 14.3. The molecule has 0 saturated carbocycles. The van der Waals surface area contributed by atoms with E-state index < -0.39 is 29.9 Å². The van der Waals surface area contributed by atoms with E-state index in [9.17, 15) is 19.2 Å². The number of amides is 5. The van der Waals surface area contributed by atoms with Gasteiger partial charge in [0.25, 0.3) is 5.91 Å². The second kappa shape index (κ2) is 6.54. The molecule has 10 nitrogen and oxygen atoms in total. The maximum absolute atomic E-state index is 12.8. The van der Waals surface area contributed by atoms with Crippen LogP contribution in [-0.4, -0.2) is 55.6 Å². The second-order valence-corrected chi connectivity index (χ2v) is 5.96. The molecule has 26 heavy (non-hydrogen) atoms. The van der Waals surface area contributed by atoms with Gasteiger partial charge in [-0.2, -0.15) is 0 Å². The fourth-order valence-corrected chi connectivity index (χ4v) is 2.71. The van der Waals surface area contributed by atoms with Gasteiger partial charge in [0, 0.05) is 7.05 Å². The van der Waals surface area contributed by atoms with Crippen molar-refractivity contribution in [3.8, 4) is 11.5 Å². The lowest BCUT2D eigenvalue weighted by molar-refractivity contribution is -0.135. The molecule has 1 atom stereocenters. The van der Waals surface area contributed by atoms with Crippen molar-refractivity contribution in [3.05, 3.63) is 23.8 Å². The number of carbonyl (C=O) groups is 4. The highest BCUT2D eigenvalue weighted by Gasteiger charge is 2.49. The fourth-order valence-electron chi connectivity index (χ4n) is 2.71. The summed E-state index contributed by atoms with van der Waals surface area (Å²) in [6.45, 7) is 0.918. The average molecular weight is 362 g/mol. The Kier molecular flexibility index (Phi) is 4.41. The van der Waals surface area contributed by atoms with Gasteiger partial charge < -0.3 is 25.4 Å². The second-order valence-electron chi connectivity index (χ2n) is 5.96. The Morgan fingerprint density at radius 3 is 2.69 bits per heavy atom. The van der Waals surface area contributed by atoms with Crippen molar-refractivity contribution < 1.29 is 28.7 Å². The zero-order valence-electron chi connectivity index (χ0n) is 14.3. The summed E-state index contributed by atoms with van der Waals surface area (Å²) < 4.78 is 10.5. The van der Waals surface area contributed by atoms with Gasteiger partial charge in [-0.25, -0.2) is 4.79 Å². The van der Waals surface area contributed by atoms with Gasteiger partial charge in [-0.3, -0.25) is 19.3 Å². The largest absolute Gasteiger partial charge is 0.454 e. The molecule has 138 valence electrons. The van der Waals surface area contributed by atoms with Crippen LogP contribution in [0.2, 0.25) is 0 Å². The summed E-state index contributed by atoms with van der Waals surface area (Å²) in [6.07, 6.45) is 0. The monoisotopic (exact) mass is 362 g/mol. The predicted molar refractivity (Wildman–Crippen MR) is 87.2 cm³/mol. The van der Waals surface area contributed by atoms with Gasteiger partial charge in [0.05, 0.1) is 6.54 Å². The van der Waals surface area contributed by atoms with Crippen molar-refractivity contribution in [3.63, 3.8) is 0 Å². The van der Waals surface area contributed by atoms with Crippen LogP contribution in [0, 0.1) is 0 Å². The first kappa shape index (κ1) is 17.5. The van der Waals surface area contributed by atoms with Crippen molar-refractivity contribution in [1.29, 1.82) is 0 Å². The number of ether oxygens (including phenoxy) is 2. The van der Waals surface area contributed by atoms with Gasteiger partial charge in [-0.1, -0.05) is 6.07 Å². The minimum absolute atomic E-state index is 0.0907. The first-order chi connectivity index (χ1) is 12.3. The van der Waals surface area contributed by atoms with E-state index in [2.05, 4.69) is 16.0 Å². The van der Waals surface area contributed by atoms with Crippen molar-refractivity contribution in [2.24, 2.45) is 0 Å². The topological polar surface area (TPSA) is 126 Å². The molecule has 10 heteroatoms. The Bertz CT molecular complexity index is 795. The summed E-state index contributed by atoms with van der Waals surface area (Å²) in [5.74, 6) is -0.545. The molecular weight excluding hydrogens is 344 g/mol. The molecule has 0 bridgehead atoms. The van der Waals surface area contributed by atoms with E-state index >= 15 is 0 Å². The van der Waals surface area contributed by atoms with Gasteiger partial charge in [0.2, 0.25) is 18.6 Å². The highest BCUT2D eigenvalue weighted by atomic mass is 16.7. The maximum Gasteiger partial charge on any atom is 0.325 e. The van der Waals surface area contributed by atoms with Gasteiger partial charge in [0.15, 0.2) is 11.5 Å². The number of hydrogen-bond acceptors (Lipinski definition) is 6. The van der Waals surface area contributed by atoms with Gasteiger partial charge in [-0.05, 0) is 24.6 Å². The minimum Gasteiger partial charge on any atom is -0.454 e. The van der Waals surface area contributed by atoms with Crippen LogP contribution in [0.1, 0.15) is 12.5 Å². The predicted octanol–water partition coefficient (Wildman–Crippen LogP) is -0.955. The summed E-state index contributed by atoms with van der Waals surface area (Å²) >= 11 is 0. The lowest BCUT2D eigenvalue weighted by atomic mass is 9.91. The smallest absolute Gasteiger partial charge is 0.325 e. The molecule has 1 fully saturated rings. The van der Waals surface area contributed by atoms with Crippen LogP contribution in [0.5, 0.6) is 11.5 Å². The van der Waals surface area contributed by atoms with E-state index in [0.29, 0.717) is 17.1 Å². The Morgan fingerprint density at radius 2 is 1.96 bits per heavy atom. The summed E-state index contributed by atoms with van der Waals surface area (Å²) in [4.78, 5) is 48.9. The number of hydrogen-bond donors (Lipinski definition) is 3. The number of rotatable bonds is 5. The third-order valence-corrected chi connectivity index (χ3v) is 4.25. The van der Waals surface area contributed by atoms with Crippen molar-refractivity contribution in [1.82, 2.24) is 20.9 Å². The summed E-state index contributed by atoms with van der Waals surface area (Å²) in [6, 6.07) is 4.24. The molecule has 1 aromatic rings. The van der Waals surface area contributed by atoms with Crippen LogP contribution in [0.15, 0.2) is 18.2 Å². The first-order valence-electron chi connectivity index (χ1n) is 7.86. The van der Waals surface area contributed by atoms with Gasteiger partial charge in [-0.15, -0.1) is 0 Å². The summed E-state index contributed by atoms with van der Waals surface area (Å²) in [7, 11) is 1.43. The summed E-state index contributed by atoms with van der Waals surface area (Å²) in [5.41, 5.74) is -0.826. The highest BCUT2D eigenvalue weighted by molar-refractivity contribution is 6.09. The fraction of sp³-hybridized carbons (Fsp3) is 0.375. The number of urea groups is 1. The quantitative estimate of drug-likeness (QED) is 0.580. The van der Waals surface area contributed by atoms with Crippen LogP contribution in [0.25, 0.3) is 0 Å². The van der Waals surface area contributed by atoms with E-state index in [4.69, 9.17) is 9.47 Å². The van der Waals surface area contributed by atoms with Crippen LogP contribution in [0.4, 0.5) is 4.79 Å². The Hall–Kier alpha value is -3.30. The maximum atomic E-state index is 12.8. The number of likely N-dealkylation sites (N-methyl/N-ethyl adjacent to an activating group) is 1. The number of benzene rings is 1. The third kappa shape index (κ3) is 3.01. The van der Waals surface area contributed by atoms with Crippen molar-refractivity contribution in [2.45, 2.75) is 12.5 Å². The molecule has 2 aliphatic heterocycles. The van der Waals surface area contributed by atoms with E-state index in [-0.39, 0.29) is 19.2 Å². The van der Waals surface area contributed by atoms with Crippen LogP contribution < -0.4 is 25.4 Å². The molecule has 1 aromatic carbocycles. The number of nitrogens with one attached hydrogen (secondary N) is 3. The van der Waals surface area contributed by atoms with E-state index in [1.807, 2.05) is 0 Å². The Balaban J connectivity index is 1.73. The zero-order chi connectivity index (χ0) is 18.9. The van der Waals surface area contributed by atoms with Crippen LogP contribution in [-0.2, 0) is 19.9 Å². The molecule has 2 aliphatic rings. The number of nitrogens with zero attached hydrogens (tertiary/aromatic N) is 1. The highest BCUT2D eigenvalue weighted by Crippen LogP contribution is 2.37. The van der Waals surface area contributed by atoms with Crippen LogP contribution >= 0.6 is 0 Å². The molecule has 0 radical (unpaired) electrons. The molecule has 3 N–H and O–H groups in total. The summed E-state index contributed by atoms with van der Waals surface area (Å²) in [5, 5.41) is 7.29. The molecule has 0 aromatic heterocycles. The molecular formula is C16H18N4O6. The first-order valence-corrected chi connectivity index (χ1v) is 7.86. The van der Waals surface area contributed by atoms with Gasteiger partial charge >= 0.3 is 6.03 Å². The molecule has 3 rings (SSSR count). The normalized spacial score (nSPS) is 20.8. The lowest BCUT2D eigenvalue weighted by Crippen LogP contribution is -2.44. The third-order valence-electron chi connectivity index (χ3n) is 4.25. The van der Waals surface area contributed by atoms with E-state index in [1.54, 1.807) is 25.1 Å². The standard InChI is InChI=1S/C16H18N4O6/c1-16(9-3-4-10-11(5-9)26-8-25-10)14(23)20(15(24)19-16)7-13(22)18-6-12(21)17-2/h3-5H,6-8H2,1-2H3,(H,17,21)(H,18,22)(H,19,24)/t16-/m1/s1. The number of fused-ring (bicyclic) bond motifs is 1. The van der Waals surface area contributed by atoms with E-state index in [0.717, 1.165) is 4.90 Å². The Morgan fingerprint density at radius 1 is 1.23 bits per heavy atom. The van der Waals surface area contributed by atoms with Crippen molar-refractivity contribution in [2.75, 3.05) is 26.9 Å². The van der Waals surface area contributed by atoms with Crippen molar-refractivity contribution >= 4 is 23.8 Å². The number of carbonyl (C=O) groups excluding carboxylic acids is 4. The number of imide groups is 1. The Labute approximate surface area is 148 Å². The molecule has 0 aliphatic carbocycles. The van der Waals surface area contributed by atoms with Gasteiger partial charge in [0.1, 0.15) is 12.1 Å². The molecule has 5 amide bonds. The molecule has 0 spiro atoms. The van der Waals surface area contributed by atoms with Crippen LogP contribution in [0.3, 0.4) is 0 Å². The average Bonchev–Trinajstić information content (AvgIpc) is 3.18. The van der Waals surface area contributed by atoms with E-state index in [1.165, 1.54) is 7.05 Å². The molecule has 1 saturated heterocycles.